The SMILES string of the molecule is CCCc1c(OCCCOc2cccc3[nH]cc(CC(=O)O)c23)ccc2c(C(F)(F)F)noc12. The molecular weight excluding hydrogens is 453 g/mol. The first-order valence-electron chi connectivity index (χ1n) is 10.8. The molecule has 0 fully saturated rings. The van der Waals surface area contributed by atoms with Gasteiger partial charge in [-0.25, -0.2) is 0 Å². The van der Waals surface area contributed by atoms with E-state index in [1.54, 1.807) is 12.3 Å². The third kappa shape index (κ3) is 4.80. The van der Waals surface area contributed by atoms with Gasteiger partial charge >= 0.3 is 12.1 Å². The predicted molar refractivity (Wildman–Crippen MR) is 118 cm³/mol. The molecule has 0 saturated heterocycles. The normalized spacial score (nSPS) is 11.9. The fourth-order valence-corrected chi connectivity index (χ4v) is 3.93. The van der Waals surface area contributed by atoms with Crippen molar-refractivity contribution in [3.8, 4) is 11.5 Å². The second-order valence-electron chi connectivity index (χ2n) is 7.81. The molecule has 0 amide bonds. The van der Waals surface area contributed by atoms with Crippen molar-refractivity contribution in [2.75, 3.05) is 13.2 Å². The first kappa shape index (κ1) is 23.5. The fourth-order valence-electron chi connectivity index (χ4n) is 3.93. The molecule has 2 heterocycles. The van der Waals surface area contributed by atoms with E-state index < -0.39 is 17.8 Å². The lowest BCUT2D eigenvalue weighted by Gasteiger charge is -2.12. The molecule has 0 unspecified atom stereocenters. The minimum absolute atomic E-state index is 0.0802. The predicted octanol–water partition coefficient (Wildman–Crippen LogP) is 5.76. The quantitative estimate of drug-likeness (QED) is 0.283. The van der Waals surface area contributed by atoms with Gasteiger partial charge in [0.15, 0.2) is 11.3 Å². The Morgan fingerprint density at radius 1 is 1.15 bits per heavy atom. The van der Waals surface area contributed by atoms with Gasteiger partial charge in [0.05, 0.1) is 25.0 Å². The van der Waals surface area contributed by atoms with Gasteiger partial charge in [-0.15, -0.1) is 0 Å². The Labute approximate surface area is 192 Å². The first-order valence-corrected chi connectivity index (χ1v) is 10.8. The molecule has 0 aliphatic carbocycles. The number of aliphatic carboxylic acids is 1. The molecule has 2 aromatic carbocycles. The summed E-state index contributed by atoms with van der Waals surface area (Å²) in [5, 5.41) is 13.0. The highest BCUT2D eigenvalue weighted by Gasteiger charge is 2.37. The van der Waals surface area contributed by atoms with Gasteiger partial charge < -0.3 is 24.1 Å². The second kappa shape index (κ2) is 9.66. The van der Waals surface area contributed by atoms with E-state index >= 15 is 0 Å². The van der Waals surface area contributed by atoms with Crippen molar-refractivity contribution in [3.63, 3.8) is 0 Å². The molecule has 0 aliphatic rings. The minimum Gasteiger partial charge on any atom is -0.493 e. The molecule has 0 bridgehead atoms. The van der Waals surface area contributed by atoms with Crippen LogP contribution in [0.4, 0.5) is 13.2 Å². The lowest BCUT2D eigenvalue weighted by Crippen LogP contribution is -2.07. The Hall–Kier alpha value is -3.69. The van der Waals surface area contributed by atoms with E-state index in [0.717, 1.165) is 10.9 Å². The number of H-pyrrole nitrogens is 1. The molecule has 0 atom stereocenters. The maximum atomic E-state index is 13.2. The summed E-state index contributed by atoms with van der Waals surface area (Å²) in [6, 6.07) is 8.26. The summed E-state index contributed by atoms with van der Waals surface area (Å²) in [5.41, 5.74) is 1.03. The van der Waals surface area contributed by atoms with Gasteiger partial charge in [0.25, 0.3) is 0 Å². The van der Waals surface area contributed by atoms with Crippen molar-refractivity contribution in [1.29, 1.82) is 0 Å². The van der Waals surface area contributed by atoms with Gasteiger partial charge in [-0.2, -0.15) is 13.2 Å². The van der Waals surface area contributed by atoms with Crippen LogP contribution >= 0.6 is 0 Å². The molecule has 0 spiro atoms. The molecule has 10 heteroatoms. The van der Waals surface area contributed by atoms with Crippen molar-refractivity contribution >= 4 is 27.8 Å². The van der Waals surface area contributed by atoms with Crippen molar-refractivity contribution in [2.45, 2.75) is 38.8 Å². The summed E-state index contributed by atoms with van der Waals surface area (Å²) in [6.07, 6.45) is -1.38. The number of ether oxygens (including phenoxy) is 2. The Kier molecular flexibility index (Phi) is 6.67. The number of carboxylic acids is 1. The summed E-state index contributed by atoms with van der Waals surface area (Å²) in [4.78, 5) is 14.2. The van der Waals surface area contributed by atoms with Crippen LogP contribution in [0.3, 0.4) is 0 Å². The third-order valence-corrected chi connectivity index (χ3v) is 5.36. The lowest BCUT2D eigenvalue weighted by atomic mass is 10.0. The molecule has 180 valence electrons. The molecule has 0 aliphatic heterocycles. The number of halogens is 3. The summed E-state index contributed by atoms with van der Waals surface area (Å²) in [7, 11) is 0. The number of carbonyl (C=O) groups is 1. The molecular formula is C24H23F3N2O5. The Balaban J connectivity index is 1.42. The van der Waals surface area contributed by atoms with Crippen LogP contribution in [0.15, 0.2) is 41.1 Å². The van der Waals surface area contributed by atoms with Crippen molar-refractivity contribution in [2.24, 2.45) is 0 Å². The van der Waals surface area contributed by atoms with Crippen LogP contribution < -0.4 is 9.47 Å². The number of rotatable bonds is 10. The highest BCUT2D eigenvalue weighted by atomic mass is 19.4. The Morgan fingerprint density at radius 3 is 2.62 bits per heavy atom. The Morgan fingerprint density at radius 2 is 1.91 bits per heavy atom. The second-order valence-corrected chi connectivity index (χ2v) is 7.81. The zero-order valence-electron chi connectivity index (χ0n) is 18.4. The van der Waals surface area contributed by atoms with E-state index in [1.165, 1.54) is 12.1 Å². The maximum Gasteiger partial charge on any atom is 0.437 e. The van der Waals surface area contributed by atoms with E-state index in [-0.39, 0.29) is 24.0 Å². The number of aromatic amines is 1. The van der Waals surface area contributed by atoms with Crippen LogP contribution in [0.5, 0.6) is 11.5 Å². The summed E-state index contributed by atoms with van der Waals surface area (Å²) in [5.74, 6) is 0.0956. The third-order valence-electron chi connectivity index (χ3n) is 5.36. The monoisotopic (exact) mass is 476 g/mol. The zero-order valence-corrected chi connectivity index (χ0v) is 18.4. The van der Waals surface area contributed by atoms with Gasteiger partial charge in [-0.05, 0) is 36.2 Å². The topological polar surface area (TPSA) is 97.6 Å². The van der Waals surface area contributed by atoms with Gasteiger partial charge in [0.1, 0.15) is 11.5 Å². The minimum atomic E-state index is -4.60. The van der Waals surface area contributed by atoms with Gasteiger partial charge in [0.2, 0.25) is 0 Å². The van der Waals surface area contributed by atoms with Crippen molar-refractivity contribution in [1.82, 2.24) is 10.1 Å². The molecule has 2 N–H and O–H groups in total. The van der Waals surface area contributed by atoms with E-state index in [0.29, 0.717) is 48.5 Å². The number of nitrogens with one attached hydrogen (secondary N) is 1. The maximum absolute atomic E-state index is 13.2. The number of nitrogens with zero attached hydrogens (tertiary/aromatic N) is 1. The van der Waals surface area contributed by atoms with E-state index in [1.807, 2.05) is 19.1 Å². The molecule has 4 aromatic rings. The standard InChI is InChI=1S/C24H23F3N2O5/c1-2-5-15-18(9-8-16-22(15)34-29-23(16)24(25,26)27)32-10-4-11-33-19-7-3-6-17-21(19)14(13-28-17)12-20(30)31/h3,6-9,13,28H,2,4-5,10-12H2,1H3,(H,30,31). The highest BCUT2D eigenvalue weighted by molar-refractivity contribution is 5.92. The first-order chi connectivity index (χ1) is 16.3. The zero-order chi connectivity index (χ0) is 24.3. The number of hydrogen-bond acceptors (Lipinski definition) is 5. The highest BCUT2D eigenvalue weighted by Crippen LogP contribution is 2.38. The summed E-state index contributed by atoms with van der Waals surface area (Å²) in [6.45, 7) is 2.49. The molecule has 34 heavy (non-hydrogen) atoms. The van der Waals surface area contributed by atoms with Crippen LogP contribution in [0.1, 0.15) is 36.6 Å². The largest absolute Gasteiger partial charge is 0.493 e. The number of carboxylic acid groups (broad SMARTS) is 1. The number of benzene rings is 2. The van der Waals surface area contributed by atoms with Crippen LogP contribution in [-0.4, -0.2) is 34.4 Å². The number of fused-ring (bicyclic) bond motifs is 2. The molecule has 4 rings (SSSR count). The Bertz CT molecular complexity index is 1310. The van der Waals surface area contributed by atoms with E-state index in [2.05, 4.69) is 10.1 Å². The smallest absolute Gasteiger partial charge is 0.437 e. The molecule has 0 radical (unpaired) electrons. The average molecular weight is 476 g/mol. The molecule has 0 saturated carbocycles. The molecule has 2 aromatic heterocycles. The van der Waals surface area contributed by atoms with E-state index in [9.17, 15) is 18.0 Å². The van der Waals surface area contributed by atoms with E-state index in [4.69, 9.17) is 19.1 Å². The number of alkyl halides is 3. The lowest BCUT2D eigenvalue weighted by molar-refractivity contribution is -0.141. The van der Waals surface area contributed by atoms with Crippen LogP contribution in [0, 0.1) is 0 Å². The van der Waals surface area contributed by atoms with Crippen LogP contribution in [-0.2, 0) is 23.8 Å². The van der Waals surface area contributed by atoms with Gasteiger partial charge in [0, 0.05) is 29.1 Å². The van der Waals surface area contributed by atoms with Gasteiger partial charge in [-0.3, -0.25) is 4.79 Å². The van der Waals surface area contributed by atoms with Crippen molar-refractivity contribution in [3.05, 3.63) is 53.3 Å². The van der Waals surface area contributed by atoms with Crippen molar-refractivity contribution < 1.29 is 37.1 Å². The fraction of sp³-hybridized carbons (Fsp3) is 0.333. The summed E-state index contributed by atoms with van der Waals surface area (Å²) >= 11 is 0. The number of aryl methyl sites for hydroxylation is 1. The van der Waals surface area contributed by atoms with Crippen LogP contribution in [0.25, 0.3) is 21.9 Å². The average Bonchev–Trinajstić information content (AvgIpc) is 3.39. The number of aromatic nitrogens is 2. The van der Waals surface area contributed by atoms with Crippen LogP contribution in [0.2, 0.25) is 0 Å². The van der Waals surface area contributed by atoms with Gasteiger partial charge in [-0.1, -0.05) is 24.6 Å². The molecule has 7 nitrogen and oxygen atoms in total. The summed E-state index contributed by atoms with van der Waals surface area (Å²) < 4.78 is 56.2. The number of hydrogen-bond donors (Lipinski definition) is 2.